The van der Waals surface area contributed by atoms with Gasteiger partial charge in [-0.15, -0.1) is 0 Å². The Bertz CT molecular complexity index is 518. The van der Waals surface area contributed by atoms with Crippen LogP contribution in [0.15, 0.2) is 24.3 Å². The molecule has 3 nitrogen and oxygen atoms in total. The molecule has 0 aromatic heterocycles. The summed E-state index contributed by atoms with van der Waals surface area (Å²) in [6, 6.07) is 5.75. The zero-order valence-electron chi connectivity index (χ0n) is 13.3. The first-order chi connectivity index (χ1) is 10.1. The minimum Gasteiger partial charge on any atom is -0.304 e. The van der Waals surface area contributed by atoms with Crippen LogP contribution in [0.25, 0.3) is 0 Å². The molecule has 0 bridgehead atoms. The lowest BCUT2D eigenvalue weighted by molar-refractivity contribution is 0.0351. The van der Waals surface area contributed by atoms with Crippen LogP contribution >= 0.6 is 20.2 Å². The maximum Gasteiger partial charge on any atom is 0.404 e. The number of hydrogen-bond acceptors (Lipinski definition) is 4. The first-order valence-electron chi connectivity index (χ1n) is 7.19. The van der Waals surface area contributed by atoms with Gasteiger partial charge in [-0.05, 0) is 18.4 Å². The molecule has 0 fully saturated rings. The maximum atomic E-state index is 14.6. The van der Waals surface area contributed by atoms with Crippen molar-refractivity contribution in [2.45, 2.75) is 44.5 Å². The van der Waals surface area contributed by atoms with Gasteiger partial charge in [0.1, 0.15) is 0 Å². The average Bonchev–Trinajstić information content (AvgIpc) is 2.45. The van der Waals surface area contributed by atoms with Crippen molar-refractivity contribution in [3.63, 3.8) is 0 Å². The van der Waals surface area contributed by atoms with Crippen LogP contribution in [0, 0.1) is 0 Å². The van der Waals surface area contributed by atoms with Crippen LogP contribution in [0.4, 0.5) is 8.78 Å². The fourth-order valence-corrected chi connectivity index (χ4v) is 3.62. The summed E-state index contributed by atoms with van der Waals surface area (Å²) in [6.45, 7) is 6.79. The lowest BCUT2D eigenvalue weighted by atomic mass is 10.0. The lowest BCUT2D eigenvalue weighted by Crippen LogP contribution is -2.20. The summed E-state index contributed by atoms with van der Waals surface area (Å²) >= 11 is 4.05. The molecular weight excluding hydrogens is 329 g/mol. The Morgan fingerprint density at radius 1 is 1.18 bits per heavy atom. The van der Waals surface area contributed by atoms with Gasteiger partial charge in [0.05, 0.1) is 13.2 Å². The zero-order chi connectivity index (χ0) is 17.0. The van der Waals surface area contributed by atoms with E-state index in [2.05, 4.69) is 12.6 Å². The second-order valence-corrected chi connectivity index (χ2v) is 8.33. The average molecular weight is 352 g/mol. The van der Waals surface area contributed by atoms with E-state index in [9.17, 15) is 13.3 Å². The predicted molar refractivity (Wildman–Crippen MR) is 88.1 cm³/mol. The Labute approximate surface area is 136 Å². The van der Waals surface area contributed by atoms with E-state index in [0.717, 1.165) is 5.56 Å². The van der Waals surface area contributed by atoms with Gasteiger partial charge in [-0.3, -0.25) is 4.57 Å². The molecule has 0 aliphatic carbocycles. The summed E-state index contributed by atoms with van der Waals surface area (Å²) in [5, 5.41) is -0.326. The summed E-state index contributed by atoms with van der Waals surface area (Å²) in [5.41, 5.74) is -3.16. The molecule has 7 heteroatoms. The van der Waals surface area contributed by atoms with Gasteiger partial charge in [0.15, 0.2) is 0 Å². The molecule has 0 aliphatic heterocycles. The fourth-order valence-electron chi connectivity index (χ4n) is 1.80. The van der Waals surface area contributed by atoms with E-state index in [0.29, 0.717) is 0 Å². The SMILES string of the molecule is CCOP(=O)(OCC(C)S)C(F)(F)c1ccc(C(C)C)cc1. The Morgan fingerprint density at radius 3 is 2.14 bits per heavy atom. The van der Waals surface area contributed by atoms with Crippen LogP contribution < -0.4 is 0 Å². The first kappa shape index (κ1) is 19.6. The Hall–Kier alpha value is -0.420. The summed E-state index contributed by atoms with van der Waals surface area (Å²) < 4.78 is 51.6. The van der Waals surface area contributed by atoms with E-state index >= 15 is 0 Å². The van der Waals surface area contributed by atoms with Crippen LogP contribution in [0.1, 0.15) is 44.7 Å². The molecular formula is C15H23F2O3PS. The van der Waals surface area contributed by atoms with Gasteiger partial charge in [-0.2, -0.15) is 21.4 Å². The largest absolute Gasteiger partial charge is 0.404 e. The Kier molecular flexibility index (Phi) is 7.06. The monoisotopic (exact) mass is 352 g/mol. The van der Waals surface area contributed by atoms with Crippen LogP contribution in [-0.4, -0.2) is 18.5 Å². The van der Waals surface area contributed by atoms with Gasteiger partial charge < -0.3 is 9.05 Å². The van der Waals surface area contributed by atoms with E-state index in [1.165, 1.54) is 19.1 Å². The standard InChI is InChI=1S/C15H23F2O3PS/c1-5-19-21(18,20-10-12(4)22)15(16,17)14-8-6-13(7-9-14)11(2)3/h6-9,11-12,22H,5,10H2,1-4H3. The lowest BCUT2D eigenvalue weighted by Gasteiger charge is -2.27. The van der Waals surface area contributed by atoms with Crippen LogP contribution in [-0.2, 0) is 19.3 Å². The molecule has 1 rings (SSSR count). The molecule has 1 aromatic carbocycles. The molecule has 126 valence electrons. The minimum absolute atomic E-state index is 0.127. The molecule has 2 atom stereocenters. The minimum atomic E-state index is -4.62. The van der Waals surface area contributed by atoms with Crippen molar-refractivity contribution in [3.8, 4) is 0 Å². The maximum absolute atomic E-state index is 14.6. The molecule has 2 unspecified atom stereocenters. The normalized spacial score (nSPS) is 16.5. The topological polar surface area (TPSA) is 35.5 Å². The van der Waals surface area contributed by atoms with Crippen molar-refractivity contribution in [3.05, 3.63) is 35.4 Å². The molecule has 0 heterocycles. The van der Waals surface area contributed by atoms with Crippen LogP contribution in [0.5, 0.6) is 0 Å². The molecule has 0 amide bonds. The summed E-state index contributed by atoms with van der Waals surface area (Å²) in [4.78, 5) is 0. The molecule has 0 spiro atoms. The Morgan fingerprint density at radius 2 is 1.73 bits per heavy atom. The molecule has 0 aliphatic rings. The number of halogens is 2. The second-order valence-electron chi connectivity index (χ2n) is 5.38. The quantitative estimate of drug-likeness (QED) is 0.501. The molecule has 0 radical (unpaired) electrons. The highest BCUT2D eigenvalue weighted by Gasteiger charge is 2.54. The van der Waals surface area contributed by atoms with E-state index in [4.69, 9.17) is 9.05 Å². The van der Waals surface area contributed by atoms with E-state index < -0.39 is 13.3 Å². The summed E-state index contributed by atoms with van der Waals surface area (Å²) in [5.74, 6) is 0.225. The van der Waals surface area contributed by atoms with E-state index in [-0.39, 0.29) is 29.9 Å². The number of alkyl halides is 2. The number of thiol groups is 1. The van der Waals surface area contributed by atoms with Crippen molar-refractivity contribution in [1.29, 1.82) is 0 Å². The molecule has 0 N–H and O–H groups in total. The van der Waals surface area contributed by atoms with Crippen LogP contribution in [0.3, 0.4) is 0 Å². The van der Waals surface area contributed by atoms with Gasteiger partial charge in [0, 0.05) is 10.8 Å². The second kappa shape index (κ2) is 7.91. The Balaban J connectivity index is 3.12. The highest BCUT2D eigenvalue weighted by molar-refractivity contribution is 7.81. The molecule has 0 saturated carbocycles. The van der Waals surface area contributed by atoms with Gasteiger partial charge in [-0.25, -0.2) is 0 Å². The summed E-state index contributed by atoms with van der Waals surface area (Å²) in [7, 11) is -4.62. The van der Waals surface area contributed by atoms with Crippen molar-refractivity contribution < 1.29 is 22.4 Å². The van der Waals surface area contributed by atoms with Gasteiger partial charge in [-0.1, -0.05) is 45.0 Å². The molecule has 1 aromatic rings. The first-order valence-corrected chi connectivity index (χ1v) is 9.25. The van der Waals surface area contributed by atoms with E-state index in [1.54, 1.807) is 19.1 Å². The molecule has 0 saturated heterocycles. The zero-order valence-corrected chi connectivity index (χ0v) is 15.0. The number of hydrogen-bond donors (Lipinski definition) is 1. The third-order valence-electron chi connectivity index (χ3n) is 3.05. The van der Waals surface area contributed by atoms with Gasteiger partial charge >= 0.3 is 13.3 Å². The number of benzene rings is 1. The van der Waals surface area contributed by atoms with Gasteiger partial charge in [0.2, 0.25) is 0 Å². The van der Waals surface area contributed by atoms with Crippen LogP contribution in [0.2, 0.25) is 0 Å². The smallest absolute Gasteiger partial charge is 0.304 e. The van der Waals surface area contributed by atoms with Crippen molar-refractivity contribution in [2.75, 3.05) is 13.2 Å². The van der Waals surface area contributed by atoms with Crippen molar-refractivity contribution in [1.82, 2.24) is 0 Å². The summed E-state index contributed by atoms with van der Waals surface area (Å²) in [6.07, 6.45) is 0. The van der Waals surface area contributed by atoms with E-state index in [1.807, 2.05) is 13.8 Å². The molecule has 22 heavy (non-hydrogen) atoms. The fraction of sp³-hybridized carbons (Fsp3) is 0.600. The highest BCUT2D eigenvalue weighted by Crippen LogP contribution is 2.66. The van der Waals surface area contributed by atoms with Crippen molar-refractivity contribution in [2.24, 2.45) is 0 Å². The third kappa shape index (κ3) is 4.54. The van der Waals surface area contributed by atoms with Gasteiger partial charge in [0.25, 0.3) is 0 Å². The van der Waals surface area contributed by atoms with Crippen molar-refractivity contribution >= 4 is 20.2 Å². The highest BCUT2D eigenvalue weighted by atomic mass is 32.1. The predicted octanol–water partition coefficient (Wildman–Crippen LogP) is 5.42. The number of rotatable bonds is 8. The third-order valence-corrected chi connectivity index (χ3v) is 5.24.